The highest BCUT2D eigenvalue weighted by molar-refractivity contribution is 9.10. The molecule has 0 saturated heterocycles. The standard InChI is InChI=1S/C13H15BrFNO3/c1-7(2)5-11(13(18)19)16-12(17)9-6-8(15)3-4-10(9)14/h3-4,6-7,11H,5H2,1-2H3,(H,16,17)(H,18,19). The Labute approximate surface area is 119 Å². The Morgan fingerprint density at radius 2 is 2.05 bits per heavy atom. The SMILES string of the molecule is CC(C)CC(NC(=O)c1cc(F)ccc1Br)C(=O)O. The molecule has 104 valence electrons. The summed E-state index contributed by atoms with van der Waals surface area (Å²) in [6, 6.07) is 2.70. The number of nitrogens with one attached hydrogen (secondary N) is 1. The van der Waals surface area contributed by atoms with Crippen LogP contribution in [0.1, 0.15) is 30.6 Å². The number of aliphatic carboxylic acids is 1. The fourth-order valence-corrected chi connectivity index (χ4v) is 2.03. The zero-order valence-electron chi connectivity index (χ0n) is 10.6. The Balaban J connectivity index is 2.87. The summed E-state index contributed by atoms with van der Waals surface area (Å²) in [5, 5.41) is 11.4. The number of carboxylic acid groups (broad SMARTS) is 1. The zero-order valence-corrected chi connectivity index (χ0v) is 12.2. The maximum atomic E-state index is 13.1. The van der Waals surface area contributed by atoms with Gasteiger partial charge >= 0.3 is 5.97 Å². The van der Waals surface area contributed by atoms with E-state index in [1.165, 1.54) is 12.1 Å². The Kier molecular flexibility index (Phi) is 5.47. The van der Waals surface area contributed by atoms with Gasteiger partial charge in [0.1, 0.15) is 11.9 Å². The molecule has 0 saturated carbocycles. The molecule has 0 aliphatic heterocycles. The first-order valence-corrected chi connectivity index (χ1v) is 6.59. The number of carboxylic acids is 1. The van der Waals surface area contributed by atoms with Crippen LogP contribution in [0.2, 0.25) is 0 Å². The topological polar surface area (TPSA) is 66.4 Å². The van der Waals surface area contributed by atoms with Gasteiger partial charge in [-0.3, -0.25) is 4.79 Å². The summed E-state index contributed by atoms with van der Waals surface area (Å²) in [6.07, 6.45) is 0.314. The van der Waals surface area contributed by atoms with Gasteiger partial charge in [-0.05, 0) is 46.5 Å². The second kappa shape index (κ2) is 6.65. The lowest BCUT2D eigenvalue weighted by Crippen LogP contribution is -2.41. The van der Waals surface area contributed by atoms with E-state index < -0.39 is 23.7 Å². The average Bonchev–Trinajstić information content (AvgIpc) is 2.30. The van der Waals surface area contributed by atoms with Gasteiger partial charge in [0.05, 0.1) is 5.56 Å². The first-order chi connectivity index (χ1) is 8.81. The number of carbonyl (C=O) groups excluding carboxylic acids is 1. The van der Waals surface area contributed by atoms with E-state index in [9.17, 15) is 14.0 Å². The maximum absolute atomic E-state index is 13.1. The summed E-state index contributed by atoms with van der Waals surface area (Å²) in [7, 11) is 0. The Hall–Kier alpha value is -1.43. The Bertz CT molecular complexity index is 491. The van der Waals surface area contributed by atoms with Crippen molar-refractivity contribution in [3.05, 3.63) is 34.1 Å². The molecular weight excluding hydrogens is 317 g/mol. The third kappa shape index (κ3) is 4.63. The number of carbonyl (C=O) groups is 2. The van der Waals surface area contributed by atoms with Crippen molar-refractivity contribution in [1.29, 1.82) is 0 Å². The van der Waals surface area contributed by atoms with Gasteiger partial charge in [0.2, 0.25) is 0 Å². The van der Waals surface area contributed by atoms with Crippen LogP contribution in [0.3, 0.4) is 0 Å². The fourth-order valence-electron chi connectivity index (χ4n) is 1.60. The van der Waals surface area contributed by atoms with E-state index in [0.717, 1.165) is 6.07 Å². The van der Waals surface area contributed by atoms with Crippen molar-refractivity contribution in [2.24, 2.45) is 5.92 Å². The molecule has 0 spiro atoms. The van der Waals surface area contributed by atoms with Crippen molar-refractivity contribution in [1.82, 2.24) is 5.32 Å². The molecule has 19 heavy (non-hydrogen) atoms. The highest BCUT2D eigenvalue weighted by Crippen LogP contribution is 2.18. The molecule has 0 aliphatic rings. The summed E-state index contributed by atoms with van der Waals surface area (Å²) in [4.78, 5) is 23.0. The fraction of sp³-hybridized carbons (Fsp3) is 0.385. The molecule has 1 atom stereocenters. The molecular formula is C13H15BrFNO3. The van der Waals surface area contributed by atoms with Crippen molar-refractivity contribution in [2.45, 2.75) is 26.3 Å². The highest BCUT2D eigenvalue weighted by Gasteiger charge is 2.22. The van der Waals surface area contributed by atoms with Gasteiger partial charge in [-0.2, -0.15) is 0 Å². The molecule has 0 aliphatic carbocycles. The molecule has 1 unspecified atom stereocenters. The van der Waals surface area contributed by atoms with E-state index in [1.807, 2.05) is 13.8 Å². The van der Waals surface area contributed by atoms with Gasteiger partial charge < -0.3 is 10.4 Å². The van der Waals surface area contributed by atoms with E-state index in [2.05, 4.69) is 21.2 Å². The number of halogens is 2. The van der Waals surface area contributed by atoms with Gasteiger partial charge in [-0.15, -0.1) is 0 Å². The summed E-state index contributed by atoms with van der Waals surface area (Å²) in [5.41, 5.74) is 0.0787. The molecule has 1 amide bonds. The van der Waals surface area contributed by atoms with Crippen LogP contribution in [0.15, 0.2) is 22.7 Å². The van der Waals surface area contributed by atoms with Crippen LogP contribution in [0, 0.1) is 11.7 Å². The van der Waals surface area contributed by atoms with Gasteiger partial charge in [-0.25, -0.2) is 9.18 Å². The number of benzene rings is 1. The molecule has 0 aromatic heterocycles. The van der Waals surface area contributed by atoms with E-state index in [-0.39, 0.29) is 11.5 Å². The third-order valence-electron chi connectivity index (χ3n) is 2.48. The van der Waals surface area contributed by atoms with E-state index in [4.69, 9.17) is 5.11 Å². The predicted molar refractivity (Wildman–Crippen MR) is 72.4 cm³/mol. The van der Waals surface area contributed by atoms with Crippen LogP contribution in [-0.2, 0) is 4.79 Å². The zero-order chi connectivity index (χ0) is 14.6. The quantitative estimate of drug-likeness (QED) is 0.871. The summed E-state index contributed by atoms with van der Waals surface area (Å²) in [5.74, 6) is -2.14. The molecule has 0 radical (unpaired) electrons. The maximum Gasteiger partial charge on any atom is 0.326 e. The molecule has 2 N–H and O–H groups in total. The van der Waals surface area contributed by atoms with Gasteiger partial charge in [0.15, 0.2) is 0 Å². The minimum atomic E-state index is -1.10. The Morgan fingerprint density at radius 1 is 1.42 bits per heavy atom. The van der Waals surface area contributed by atoms with Crippen molar-refractivity contribution in [3.63, 3.8) is 0 Å². The van der Waals surface area contributed by atoms with Crippen LogP contribution in [0.5, 0.6) is 0 Å². The monoisotopic (exact) mass is 331 g/mol. The second-order valence-corrected chi connectivity index (χ2v) is 5.47. The summed E-state index contributed by atoms with van der Waals surface area (Å²) >= 11 is 3.13. The van der Waals surface area contributed by atoms with Crippen molar-refractivity contribution in [3.8, 4) is 0 Å². The summed E-state index contributed by atoms with van der Waals surface area (Å²) in [6.45, 7) is 3.72. The van der Waals surface area contributed by atoms with Crippen molar-refractivity contribution in [2.75, 3.05) is 0 Å². The minimum Gasteiger partial charge on any atom is -0.480 e. The van der Waals surface area contributed by atoms with Crippen molar-refractivity contribution < 1.29 is 19.1 Å². The largest absolute Gasteiger partial charge is 0.480 e. The van der Waals surface area contributed by atoms with Crippen molar-refractivity contribution >= 4 is 27.8 Å². The third-order valence-corrected chi connectivity index (χ3v) is 3.18. The normalized spacial score (nSPS) is 12.3. The molecule has 6 heteroatoms. The average molecular weight is 332 g/mol. The molecule has 4 nitrogen and oxygen atoms in total. The van der Waals surface area contributed by atoms with E-state index in [1.54, 1.807) is 0 Å². The minimum absolute atomic E-state index is 0.0787. The number of hydrogen-bond donors (Lipinski definition) is 2. The molecule has 1 rings (SSSR count). The van der Waals surface area contributed by atoms with E-state index in [0.29, 0.717) is 10.9 Å². The van der Waals surface area contributed by atoms with Crippen LogP contribution >= 0.6 is 15.9 Å². The molecule has 0 heterocycles. The van der Waals surface area contributed by atoms with Gasteiger partial charge in [-0.1, -0.05) is 13.8 Å². The lowest BCUT2D eigenvalue weighted by Gasteiger charge is -2.17. The number of rotatable bonds is 5. The highest BCUT2D eigenvalue weighted by atomic mass is 79.9. The van der Waals surface area contributed by atoms with Gasteiger partial charge in [0.25, 0.3) is 5.91 Å². The molecule has 1 aromatic carbocycles. The first-order valence-electron chi connectivity index (χ1n) is 5.80. The van der Waals surface area contributed by atoms with Crippen LogP contribution < -0.4 is 5.32 Å². The molecule has 0 bridgehead atoms. The second-order valence-electron chi connectivity index (χ2n) is 4.62. The van der Waals surface area contributed by atoms with Gasteiger partial charge in [0, 0.05) is 4.47 Å². The molecule has 1 aromatic rings. The first kappa shape index (κ1) is 15.6. The lowest BCUT2D eigenvalue weighted by molar-refractivity contribution is -0.139. The predicted octanol–water partition coefficient (Wildman–Crippen LogP) is 2.82. The lowest BCUT2D eigenvalue weighted by atomic mass is 10.0. The number of hydrogen-bond acceptors (Lipinski definition) is 2. The van der Waals surface area contributed by atoms with E-state index >= 15 is 0 Å². The number of amides is 1. The van der Waals surface area contributed by atoms with Crippen LogP contribution in [-0.4, -0.2) is 23.0 Å². The Morgan fingerprint density at radius 3 is 2.58 bits per heavy atom. The summed E-state index contributed by atoms with van der Waals surface area (Å²) < 4.78 is 13.5. The van der Waals surface area contributed by atoms with Crippen LogP contribution in [0.25, 0.3) is 0 Å². The molecule has 0 fully saturated rings. The smallest absolute Gasteiger partial charge is 0.326 e. The van der Waals surface area contributed by atoms with Crippen LogP contribution in [0.4, 0.5) is 4.39 Å².